The van der Waals surface area contributed by atoms with Crippen LogP contribution in [0.5, 0.6) is 0 Å². The fourth-order valence-corrected chi connectivity index (χ4v) is 2.74. The van der Waals surface area contributed by atoms with Crippen molar-refractivity contribution < 1.29 is 4.79 Å². The molecule has 18 heavy (non-hydrogen) atoms. The molecule has 0 bridgehead atoms. The summed E-state index contributed by atoms with van der Waals surface area (Å²) < 4.78 is 1.63. The van der Waals surface area contributed by atoms with Gasteiger partial charge in [-0.2, -0.15) is 0 Å². The zero-order valence-electron chi connectivity index (χ0n) is 11.2. The first-order chi connectivity index (χ1) is 8.55. The first-order valence-corrected chi connectivity index (χ1v) is 6.64. The van der Waals surface area contributed by atoms with E-state index in [1.807, 2.05) is 7.05 Å². The van der Waals surface area contributed by atoms with Gasteiger partial charge in [0, 0.05) is 25.2 Å². The lowest BCUT2D eigenvalue weighted by Crippen LogP contribution is -2.42. The third kappa shape index (κ3) is 2.61. The molecule has 5 heteroatoms. The molecule has 0 spiro atoms. The van der Waals surface area contributed by atoms with Crippen LogP contribution in [0.4, 0.5) is 0 Å². The van der Waals surface area contributed by atoms with Crippen LogP contribution in [0.1, 0.15) is 38.3 Å². The molecule has 0 aliphatic heterocycles. The monoisotopic (exact) mass is 250 g/mol. The van der Waals surface area contributed by atoms with E-state index in [0.717, 1.165) is 31.4 Å². The number of nitrogens with two attached hydrogens (primary N) is 1. The van der Waals surface area contributed by atoms with E-state index >= 15 is 0 Å². The van der Waals surface area contributed by atoms with Crippen LogP contribution in [0.3, 0.4) is 0 Å². The molecular weight excluding hydrogens is 228 g/mol. The van der Waals surface area contributed by atoms with E-state index in [-0.39, 0.29) is 11.2 Å². The van der Waals surface area contributed by atoms with Crippen molar-refractivity contribution in [2.45, 2.75) is 39.0 Å². The molecule has 1 heterocycles. The Labute approximate surface area is 108 Å². The first-order valence-electron chi connectivity index (χ1n) is 6.64. The van der Waals surface area contributed by atoms with Gasteiger partial charge in [0.05, 0.1) is 12.1 Å². The van der Waals surface area contributed by atoms with Gasteiger partial charge in [0.25, 0.3) is 0 Å². The molecule has 0 unspecified atom stereocenters. The standard InChI is InChI=1S/C13H22N4O/c1-10-3-5-13(9-14,6-4-10)12(18)7-11-8-17(2)16-15-11/h8,10H,3-7,9,14H2,1-2H3. The second-order valence-electron chi connectivity index (χ2n) is 5.65. The lowest BCUT2D eigenvalue weighted by molar-refractivity contribution is -0.129. The average molecular weight is 250 g/mol. The highest BCUT2D eigenvalue weighted by Gasteiger charge is 2.39. The van der Waals surface area contributed by atoms with Gasteiger partial charge in [0.2, 0.25) is 0 Å². The summed E-state index contributed by atoms with van der Waals surface area (Å²) in [7, 11) is 1.81. The number of rotatable bonds is 4. The molecule has 5 nitrogen and oxygen atoms in total. The number of carbonyl (C=O) groups excluding carboxylic acids is 1. The van der Waals surface area contributed by atoms with Gasteiger partial charge in [-0.25, -0.2) is 0 Å². The third-order valence-electron chi connectivity index (χ3n) is 4.21. The molecule has 100 valence electrons. The molecule has 0 saturated heterocycles. The molecule has 1 aliphatic rings. The summed E-state index contributed by atoms with van der Waals surface area (Å²) in [5.74, 6) is 0.950. The van der Waals surface area contributed by atoms with E-state index in [1.165, 1.54) is 0 Å². The minimum Gasteiger partial charge on any atom is -0.329 e. The maximum Gasteiger partial charge on any atom is 0.146 e. The Bertz CT molecular complexity index is 418. The lowest BCUT2D eigenvalue weighted by atomic mass is 9.67. The Balaban J connectivity index is 2.06. The SMILES string of the molecule is CC1CCC(CN)(C(=O)Cc2cn(C)nn2)CC1. The molecule has 1 aromatic heterocycles. The smallest absolute Gasteiger partial charge is 0.146 e. The summed E-state index contributed by atoms with van der Waals surface area (Å²) in [4.78, 5) is 12.5. The van der Waals surface area contributed by atoms with E-state index in [4.69, 9.17) is 5.73 Å². The van der Waals surface area contributed by atoms with Crippen LogP contribution in [0.15, 0.2) is 6.20 Å². The van der Waals surface area contributed by atoms with Crippen molar-refractivity contribution in [3.8, 4) is 0 Å². The molecule has 2 rings (SSSR count). The minimum atomic E-state index is -0.315. The number of aryl methyl sites for hydroxylation is 1. The van der Waals surface area contributed by atoms with Gasteiger partial charge in [0.1, 0.15) is 5.78 Å². The largest absolute Gasteiger partial charge is 0.329 e. The minimum absolute atomic E-state index is 0.234. The zero-order valence-corrected chi connectivity index (χ0v) is 11.2. The Morgan fingerprint density at radius 2 is 2.22 bits per heavy atom. The Morgan fingerprint density at radius 3 is 2.72 bits per heavy atom. The van der Waals surface area contributed by atoms with E-state index in [0.29, 0.717) is 18.9 Å². The van der Waals surface area contributed by atoms with Crippen LogP contribution < -0.4 is 5.73 Å². The Morgan fingerprint density at radius 1 is 1.56 bits per heavy atom. The third-order valence-corrected chi connectivity index (χ3v) is 4.21. The Kier molecular flexibility index (Phi) is 3.80. The highest BCUT2D eigenvalue weighted by atomic mass is 16.1. The average Bonchev–Trinajstić information content (AvgIpc) is 2.76. The fraction of sp³-hybridized carbons (Fsp3) is 0.769. The highest BCUT2D eigenvalue weighted by molar-refractivity contribution is 5.86. The molecule has 0 aromatic carbocycles. The van der Waals surface area contributed by atoms with Gasteiger partial charge < -0.3 is 5.73 Å². The van der Waals surface area contributed by atoms with Crippen molar-refractivity contribution in [2.24, 2.45) is 24.1 Å². The van der Waals surface area contributed by atoms with Crippen molar-refractivity contribution >= 4 is 5.78 Å². The summed E-state index contributed by atoms with van der Waals surface area (Å²) in [6.45, 7) is 2.70. The van der Waals surface area contributed by atoms with Gasteiger partial charge in [-0.15, -0.1) is 5.10 Å². The summed E-state index contributed by atoms with van der Waals surface area (Å²) >= 11 is 0. The summed E-state index contributed by atoms with van der Waals surface area (Å²) in [6.07, 6.45) is 6.20. The maximum absolute atomic E-state index is 12.5. The zero-order chi connectivity index (χ0) is 13.2. The van der Waals surface area contributed by atoms with E-state index in [9.17, 15) is 4.79 Å². The van der Waals surface area contributed by atoms with Crippen LogP contribution in [0, 0.1) is 11.3 Å². The highest BCUT2D eigenvalue weighted by Crippen LogP contribution is 2.39. The fourth-order valence-electron chi connectivity index (χ4n) is 2.74. The molecule has 0 radical (unpaired) electrons. The summed E-state index contributed by atoms with van der Waals surface area (Å²) in [5.41, 5.74) is 6.31. The van der Waals surface area contributed by atoms with Crippen molar-refractivity contribution in [2.75, 3.05) is 6.54 Å². The number of Topliss-reactive ketones (excluding diaryl/α,β-unsaturated/α-hetero) is 1. The van der Waals surface area contributed by atoms with Crippen molar-refractivity contribution in [3.63, 3.8) is 0 Å². The molecule has 1 aliphatic carbocycles. The molecule has 0 atom stereocenters. The number of carbonyl (C=O) groups is 1. The van der Waals surface area contributed by atoms with E-state index < -0.39 is 0 Å². The topological polar surface area (TPSA) is 73.8 Å². The number of hydrogen-bond acceptors (Lipinski definition) is 4. The number of aromatic nitrogens is 3. The van der Waals surface area contributed by atoms with Crippen LogP contribution in [0.2, 0.25) is 0 Å². The van der Waals surface area contributed by atoms with Crippen molar-refractivity contribution in [3.05, 3.63) is 11.9 Å². The van der Waals surface area contributed by atoms with Crippen molar-refractivity contribution in [1.82, 2.24) is 15.0 Å². The van der Waals surface area contributed by atoms with Crippen LogP contribution in [-0.2, 0) is 18.3 Å². The van der Waals surface area contributed by atoms with Gasteiger partial charge >= 0.3 is 0 Å². The Hall–Kier alpha value is -1.23. The van der Waals surface area contributed by atoms with Crippen LogP contribution in [-0.4, -0.2) is 27.3 Å². The molecule has 1 fully saturated rings. The molecular formula is C13H22N4O. The molecule has 1 saturated carbocycles. The number of ketones is 1. The van der Waals surface area contributed by atoms with Gasteiger partial charge in [-0.05, 0) is 31.6 Å². The normalized spacial score (nSPS) is 28.3. The van der Waals surface area contributed by atoms with Crippen molar-refractivity contribution in [1.29, 1.82) is 0 Å². The predicted molar refractivity (Wildman–Crippen MR) is 68.8 cm³/mol. The van der Waals surface area contributed by atoms with E-state index in [1.54, 1.807) is 10.9 Å². The lowest BCUT2D eigenvalue weighted by Gasteiger charge is -2.37. The molecule has 0 amide bonds. The first kappa shape index (κ1) is 13.2. The molecule has 2 N–H and O–H groups in total. The number of nitrogens with zero attached hydrogens (tertiary/aromatic N) is 3. The molecule has 1 aromatic rings. The van der Waals surface area contributed by atoms with Gasteiger partial charge in [-0.1, -0.05) is 12.1 Å². The summed E-state index contributed by atoms with van der Waals surface area (Å²) in [5, 5.41) is 7.84. The van der Waals surface area contributed by atoms with E-state index in [2.05, 4.69) is 17.2 Å². The predicted octanol–water partition coefficient (Wildman–Crippen LogP) is 1.08. The summed E-state index contributed by atoms with van der Waals surface area (Å²) in [6, 6.07) is 0. The number of hydrogen-bond donors (Lipinski definition) is 1. The quantitative estimate of drug-likeness (QED) is 0.868. The van der Waals surface area contributed by atoms with Gasteiger partial charge in [-0.3, -0.25) is 9.48 Å². The van der Waals surface area contributed by atoms with Crippen LogP contribution in [0.25, 0.3) is 0 Å². The van der Waals surface area contributed by atoms with Gasteiger partial charge in [0.15, 0.2) is 0 Å². The maximum atomic E-state index is 12.5. The second kappa shape index (κ2) is 5.18. The van der Waals surface area contributed by atoms with Crippen LogP contribution >= 0.6 is 0 Å². The second-order valence-corrected chi connectivity index (χ2v) is 5.65.